The highest BCUT2D eigenvalue weighted by molar-refractivity contribution is 5.91. The van der Waals surface area contributed by atoms with Crippen LogP contribution in [0.5, 0.6) is 0 Å². The smallest absolute Gasteiger partial charge is 0.271 e. The molecule has 0 aromatic carbocycles. The van der Waals surface area contributed by atoms with E-state index in [-0.39, 0.29) is 17.2 Å². The van der Waals surface area contributed by atoms with Crippen LogP contribution < -0.4 is 10.9 Å². The van der Waals surface area contributed by atoms with Gasteiger partial charge in [-0.2, -0.15) is 0 Å². The number of nitrogens with one attached hydrogen (secondary N) is 1. The summed E-state index contributed by atoms with van der Waals surface area (Å²) in [4.78, 5) is 25.5. The van der Waals surface area contributed by atoms with Gasteiger partial charge in [0.1, 0.15) is 5.69 Å². The molecule has 1 amide bonds. The van der Waals surface area contributed by atoms with Gasteiger partial charge in [-0.25, -0.2) is 4.98 Å². The highest BCUT2D eigenvalue weighted by Gasteiger charge is 2.04. The van der Waals surface area contributed by atoms with Gasteiger partial charge in [0, 0.05) is 20.3 Å². The second-order valence-electron chi connectivity index (χ2n) is 2.30. The van der Waals surface area contributed by atoms with Crippen molar-refractivity contribution in [3.05, 3.63) is 28.4 Å². The van der Waals surface area contributed by atoms with Crippen LogP contribution in [0.1, 0.15) is 10.5 Å². The van der Waals surface area contributed by atoms with Crippen molar-refractivity contribution in [2.24, 2.45) is 7.05 Å². The molecule has 1 heterocycles. The molecule has 1 rings (SSSR count). The van der Waals surface area contributed by atoms with Gasteiger partial charge in [0.25, 0.3) is 11.5 Å². The van der Waals surface area contributed by atoms with E-state index >= 15 is 0 Å². The number of amides is 1. The van der Waals surface area contributed by atoms with Crippen LogP contribution in [0.15, 0.2) is 17.2 Å². The van der Waals surface area contributed by atoms with Crippen LogP contribution in [0.2, 0.25) is 0 Å². The van der Waals surface area contributed by atoms with Gasteiger partial charge >= 0.3 is 0 Å². The molecular weight excluding hydrogens is 158 g/mol. The first kappa shape index (κ1) is 8.45. The molecule has 0 bridgehead atoms. The van der Waals surface area contributed by atoms with Gasteiger partial charge in [-0.1, -0.05) is 0 Å². The molecule has 0 saturated carbocycles. The number of hydrogen-bond donors (Lipinski definition) is 1. The monoisotopic (exact) mass is 167 g/mol. The Morgan fingerprint density at radius 2 is 2.33 bits per heavy atom. The molecule has 0 unspecified atom stereocenters. The minimum Gasteiger partial charge on any atom is -0.354 e. The van der Waals surface area contributed by atoms with Gasteiger partial charge in [-0.05, 0) is 0 Å². The third-order valence-electron chi connectivity index (χ3n) is 1.44. The molecule has 0 spiro atoms. The summed E-state index contributed by atoms with van der Waals surface area (Å²) in [5, 5.41) is 2.41. The Balaban J connectivity index is 3.13. The maximum Gasteiger partial charge on any atom is 0.271 e. The molecule has 0 atom stereocenters. The largest absolute Gasteiger partial charge is 0.354 e. The molecule has 5 nitrogen and oxygen atoms in total. The first-order chi connectivity index (χ1) is 5.65. The van der Waals surface area contributed by atoms with E-state index < -0.39 is 0 Å². The van der Waals surface area contributed by atoms with E-state index in [1.165, 1.54) is 17.8 Å². The van der Waals surface area contributed by atoms with Crippen LogP contribution in [-0.4, -0.2) is 22.5 Å². The SMILES string of the molecule is CNC(=O)c1cn(C)c(=O)cn1. The quantitative estimate of drug-likeness (QED) is 0.592. The zero-order chi connectivity index (χ0) is 9.14. The van der Waals surface area contributed by atoms with Crippen molar-refractivity contribution in [1.29, 1.82) is 0 Å². The lowest BCUT2D eigenvalue weighted by molar-refractivity contribution is 0.0957. The summed E-state index contributed by atoms with van der Waals surface area (Å²) in [6.45, 7) is 0. The third-order valence-corrected chi connectivity index (χ3v) is 1.44. The van der Waals surface area contributed by atoms with Crippen LogP contribution in [0.3, 0.4) is 0 Å². The normalized spacial score (nSPS) is 9.50. The molecule has 0 radical (unpaired) electrons. The number of aromatic nitrogens is 2. The van der Waals surface area contributed by atoms with E-state index in [9.17, 15) is 9.59 Å². The van der Waals surface area contributed by atoms with Crippen molar-refractivity contribution >= 4 is 5.91 Å². The van der Waals surface area contributed by atoms with E-state index in [0.29, 0.717) is 0 Å². The molecule has 12 heavy (non-hydrogen) atoms. The first-order valence-electron chi connectivity index (χ1n) is 3.40. The number of rotatable bonds is 1. The summed E-state index contributed by atoms with van der Waals surface area (Å²) in [5.41, 5.74) is 0.00209. The molecule has 5 heteroatoms. The van der Waals surface area contributed by atoms with Gasteiger partial charge < -0.3 is 9.88 Å². The second-order valence-corrected chi connectivity index (χ2v) is 2.30. The fourth-order valence-electron chi connectivity index (χ4n) is 0.742. The zero-order valence-electron chi connectivity index (χ0n) is 6.87. The molecule has 1 aromatic rings. The Hall–Kier alpha value is -1.65. The number of nitrogens with zero attached hydrogens (tertiary/aromatic N) is 2. The van der Waals surface area contributed by atoms with E-state index in [2.05, 4.69) is 10.3 Å². The average Bonchev–Trinajstić information content (AvgIpc) is 2.08. The fourth-order valence-corrected chi connectivity index (χ4v) is 0.742. The third kappa shape index (κ3) is 1.50. The highest BCUT2D eigenvalue weighted by Crippen LogP contribution is 1.87. The van der Waals surface area contributed by atoms with Crippen molar-refractivity contribution in [3.63, 3.8) is 0 Å². The van der Waals surface area contributed by atoms with Crippen LogP contribution in [0.4, 0.5) is 0 Å². The maximum atomic E-state index is 11.0. The highest BCUT2D eigenvalue weighted by atomic mass is 16.2. The van der Waals surface area contributed by atoms with Crippen LogP contribution in [-0.2, 0) is 7.05 Å². The Labute approximate surface area is 69.0 Å². The summed E-state index contributed by atoms with van der Waals surface area (Å²) >= 11 is 0. The van der Waals surface area contributed by atoms with Crippen molar-refractivity contribution in [2.75, 3.05) is 7.05 Å². The molecule has 0 aliphatic heterocycles. The number of carbonyl (C=O) groups excluding carboxylic acids is 1. The van der Waals surface area contributed by atoms with Crippen molar-refractivity contribution in [3.8, 4) is 0 Å². The topological polar surface area (TPSA) is 64.0 Å². The summed E-state index contributed by atoms with van der Waals surface area (Å²) in [6, 6.07) is 0. The lowest BCUT2D eigenvalue weighted by Gasteiger charge is -1.99. The van der Waals surface area contributed by atoms with Gasteiger partial charge in [0.2, 0.25) is 0 Å². The summed E-state index contributed by atoms with van der Waals surface area (Å²) < 4.78 is 1.30. The van der Waals surface area contributed by atoms with Crippen molar-refractivity contribution in [1.82, 2.24) is 14.9 Å². The standard InChI is InChI=1S/C7H9N3O2/c1-8-7(12)5-4-10(2)6(11)3-9-5/h3-4H,1-2H3,(H,8,12). The van der Waals surface area contributed by atoms with Crippen LogP contribution in [0, 0.1) is 0 Å². The zero-order valence-corrected chi connectivity index (χ0v) is 6.87. The average molecular weight is 167 g/mol. The Kier molecular flexibility index (Phi) is 2.23. The van der Waals surface area contributed by atoms with Crippen LogP contribution >= 0.6 is 0 Å². The predicted molar refractivity (Wildman–Crippen MR) is 42.9 cm³/mol. The number of carbonyl (C=O) groups is 1. The maximum absolute atomic E-state index is 11.0. The number of aryl methyl sites for hydroxylation is 1. The van der Waals surface area contributed by atoms with Gasteiger partial charge in [0.15, 0.2) is 0 Å². The molecule has 0 aliphatic rings. The number of hydrogen-bond acceptors (Lipinski definition) is 3. The minimum atomic E-state index is -0.300. The van der Waals surface area contributed by atoms with Crippen molar-refractivity contribution in [2.45, 2.75) is 0 Å². The molecule has 0 aliphatic carbocycles. The van der Waals surface area contributed by atoms with Gasteiger partial charge in [-0.3, -0.25) is 9.59 Å². The lowest BCUT2D eigenvalue weighted by Crippen LogP contribution is -2.24. The molecule has 0 saturated heterocycles. The first-order valence-corrected chi connectivity index (χ1v) is 3.40. The summed E-state index contributed by atoms with van der Waals surface area (Å²) in [5.74, 6) is -0.300. The van der Waals surface area contributed by atoms with E-state index in [4.69, 9.17) is 0 Å². The Morgan fingerprint density at radius 1 is 1.67 bits per heavy atom. The summed E-state index contributed by atoms with van der Waals surface area (Å²) in [6.07, 6.45) is 2.51. The molecular formula is C7H9N3O2. The second kappa shape index (κ2) is 3.17. The molecule has 1 N–H and O–H groups in total. The Morgan fingerprint density at radius 3 is 2.83 bits per heavy atom. The minimum absolute atomic E-state index is 0.234. The Bertz CT molecular complexity index is 356. The lowest BCUT2D eigenvalue weighted by atomic mass is 10.4. The van der Waals surface area contributed by atoms with Gasteiger partial charge in [0.05, 0.1) is 6.20 Å². The predicted octanol–water partition coefficient (Wildman–Crippen LogP) is -0.860. The molecule has 64 valence electrons. The molecule has 1 aromatic heterocycles. The van der Waals surface area contributed by atoms with Crippen molar-refractivity contribution < 1.29 is 4.79 Å². The van der Waals surface area contributed by atoms with E-state index in [1.54, 1.807) is 7.05 Å². The van der Waals surface area contributed by atoms with Gasteiger partial charge in [-0.15, -0.1) is 0 Å². The van der Waals surface area contributed by atoms with Crippen LogP contribution in [0.25, 0.3) is 0 Å². The summed E-state index contributed by atoms with van der Waals surface area (Å²) in [7, 11) is 3.07. The van der Waals surface area contributed by atoms with E-state index in [0.717, 1.165) is 6.20 Å². The van der Waals surface area contributed by atoms with E-state index in [1.807, 2.05) is 0 Å². The molecule has 0 fully saturated rings. The fraction of sp³-hybridized carbons (Fsp3) is 0.286.